The molecule has 1 rings (SSSR count). The predicted octanol–water partition coefficient (Wildman–Crippen LogP) is 2.70. The Morgan fingerprint density at radius 1 is 1.29 bits per heavy atom. The highest BCUT2D eigenvalue weighted by Crippen LogP contribution is 2.15. The molecule has 0 bridgehead atoms. The summed E-state index contributed by atoms with van der Waals surface area (Å²) >= 11 is 3.34. The second-order valence-corrected chi connectivity index (χ2v) is 7.42. The normalized spacial score (nSPS) is 12.7. The van der Waals surface area contributed by atoms with E-state index in [1.807, 2.05) is 26.8 Å². The average Bonchev–Trinajstić information content (AvgIpc) is 2.15. The fourth-order valence-electron chi connectivity index (χ4n) is 1.44. The first kappa shape index (κ1) is 14.7. The number of rotatable bonds is 4. The lowest BCUT2D eigenvalue weighted by Gasteiger charge is -2.20. The van der Waals surface area contributed by atoms with Crippen LogP contribution in [0.3, 0.4) is 0 Å². The Hall–Kier alpha value is -0.390. The van der Waals surface area contributed by atoms with Gasteiger partial charge in [0.2, 0.25) is 10.0 Å². The standard InChI is InChI=1S/C12H18BrNO2S/c1-12(2,3)14-17(15,16)11-6-4-5-10(9-11)7-8-13/h4-6,9,14H,7-8H2,1-3H3. The van der Waals surface area contributed by atoms with Gasteiger partial charge in [0, 0.05) is 10.9 Å². The lowest BCUT2D eigenvalue weighted by molar-refractivity contribution is 0.491. The molecule has 0 saturated heterocycles. The van der Waals surface area contributed by atoms with Gasteiger partial charge in [0.1, 0.15) is 0 Å². The second kappa shape index (κ2) is 5.50. The van der Waals surface area contributed by atoms with Gasteiger partial charge in [-0.2, -0.15) is 0 Å². The summed E-state index contributed by atoms with van der Waals surface area (Å²) < 4.78 is 26.8. The van der Waals surface area contributed by atoms with Crippen LogP contribution in [0.1, 0.15) is 26.3 Å². The van der Waals surface area contributed by atoms with Gasteiger partial charge in [-0.15, -0.1) is 0 Å². The third-order valence-corrected chi connectivity index (χ3v) is 4.18. The van der Waals surface area contributed by atoms with E-state index in [1.165, 1.54) is 0 Å². The summed E-state index contributed by atoms with van der Waals surface area (Å²) in [6.45, 7) is 5.48. The molecule has 0 aliphatic rings. The number of benzene rings is 1. The maximum absolute atomic E-state index is 12.1. The first-order valence-corrected chi connectivity index (χ1v) is 8.04. The Labute approximate surface area is 112 Å². The number of hydrogen-bond acceptors (Lipinski definition) is 2. The predicted molar refractivity (Wildman–Crippen MR) is 74.0 cm³/mol. The first-order valence-electron chi connectivity index (χ1n) is 5.43. The third kappa shape index (κ3) is 4.77. The van der Waals surface area contributed by atoms with Gasteiger partial charge >= 0.3 is 0 Å². The molecule has 1 N–H and O–H groups in total. The molecule has 0 aliphatic carbocycles. The minimum Gasteiger partial charge on any atom is -0.207 e. The second-order valence-electron chi connectivity index (χ2n) is 4.94. The van der Waals surface area contributed by atoms with E-state index in [-0.39, 0.29) is 0 Å². The zero-order valence-electron chi connectivity index (χ0n) is 10.3. The average molecular weight is 320 g/mol. The molecule has 0 radical (unpaired) electrons. The Kier molecular flexibility index (Phi) is 4.75. The molecule has 1 aromatic carbocycles. The van der Waals surface area contributed by atoms with Crippen molar-refractivity contribution in [1.29, 1.82) is 0 Å². The Morgan fingerprint density at radius 2 is 1.94 bits per heavy atom. The summed E-state index contributed by atoms with van der Waals surface area (Å²) in [4.78, 5) is 0.325. The molecular weight excluding hydrogens is 302 g/mol. The molecule has 1 aromatic rings. The maximum Gasteiger partial charge on any atom is 0.241 e. The molecule has 96 valence electrons. The summed E-state index contributed by atoms with van der Waals surface area (Å²) in [5.41, 5.74) is 0.545. The molecule has 17 heavy (non-hydrogen) atoms. The maximum atomic E-state index is 12.1. The minimum absolute atomic E-state index is 0.325. The van der Waals surface area contributed by atoms with Crippen molar-refractivity contribution in [2.24, 2.45) is 0 Å². The molecule has 5 heteroatoms. The lowest BCUT2D eigenvalue weighted by Crippen LogP contribution is -2.40. The molecule has 0 fully saturated rings. The van der Waals surface area contributed by atoms with E-state index >= 15 is 0 Å². The molecular formula is C12H18BrNO2S. The highest BCUT2D eigenvalue weighted by atomic mass is 79.9. The molecule has 0 spiro atoms. The van der Waals surface area contributed by atoms with E-state index in [0.29, 0.717) is 4.90 Å². The number of halogens is 1. The van der Waals surface area contributed by atoms with Crippen LogP contribution in [0.25, 0.3) is 0 Å². The monoisotopic (exact) mass is 319 g/mol. The van der Waals surface area contributed by atoms with Crippen LogP contribution in [0.4, 0.5) is 0 Å². The fraction of sp³-hybridized carbons (Fsp3) is 0.500. The Morgan fingerprint density at radius 3 is 2.47 bits per heavy atom. The van der Waals surface area contributed by atoms with Crippen molar-refractivity contribution in [2.75, 3.05) is 5.33 Å². The fourth-order valence-corrected chi connectivity index (χ4v) is 3.39. The lowest BCUT2D eigenvalue weighted by atomic mass is 10.1. The molecule has 0 amide bonds. The first-order chi connectivity index (χ1) is 7.74. The zero-order chi connectivity index (χ0) is 13.1. The summed E-state index contributed by atoms with van der Waals surface area (Å²) in [5, 5.41) is 0.823. The van der Waals surface area contributed by atoms with Crippen molar-refractivity contribution in [1.82, 2.24) is 4.72 Å². The van der Waals surface area contributed by atoms with Crippen LogP contribution in [0.2, 0.25) is 0 Å². The summed E-state index contributed by atoms with van der Waals surface area (Å²) in [7, 11) is -3.42. The van der Waals surface area contributed by atoms with Crippen LogP contribution in [0, 0.1) is 0 Å². The summed E-state index contributed by atoms with van der Waals surface area (Å²) in [6, 6.07) is 7.04. The molecule has 0 aliphatic heterocycles. The largest absolute Gasteiger partial charge is 0.241 e. The van der Waals surface area contributed by atoms with Gasteiger partial charge < -0.3 is 0 Å². The topological polar surface area (TPSA) is 46.2 Å². The van der Waals surface area contributed by atoms with Gasteiger partial charge in [-0.3, -0.25) is 0 Å². The molecule has 0 heterocycles. The number of nitrogens with one attached hydrogen (secondary N) is 1. The molecule has 0 unspecified atom stereocenters. The van der Waals surface area contributed by atoms with E-state index in [1.54, 1.807) is 18.2 Å². The van der Waals surface area contributed by atoms with Gasteiger partial charge in [-0.25, -0.2) is 13.1 Å². The number of aryl methyl sites for hydroxylation is 1. The van der Waals surface area contributed by atoms with Crippen molar-refractivity contribution >= 4 is 26.0 Å². The summed E-state index contributed by atoms with van der Waals surface area (Å²) in [6.07, 6.45) is 0.818. The highest BCUT2D eigenvalue weighted by Gasteiger charge is 2.21. The summed E-state index contributed by atoms with van der Waals surface area (Å²) in [5.74, 6) is 0. The smallest absolute Gasteiger partial charge is 0.207 e. The minimum atomic E-state index is -3.42. The van der Waals surface area contributed by atoms with Crippen LogP contribution in [0.5, 0.6) is 0 Å². The number of sulfonamides is 1. The van der Waals surface area contributed by atoms with Crippen LogP contribution in [-0.2, 0) is 16.4 Å². The third-order valence-electron chi connectivity index (χ3n) is 2.03. The Balaban J connectivity index is 3.03. The molecule has 3 nitrogen and oxygen atoms in total. The van der Waals surface area contributed by atoms with Gasteiger partial charge in [0.05, 0.1) is 4.90 Å². The van der Waals surface area contributed by atoms with Crippen molar-refractivity contribution in [2.45, 2.75) is 37.6 Å². The van der Waals surface area contributed by atoms with Gasteiger partial charge in [-0.1, -0.05) is 28.1 Å². The van der Waals surface area contributed by atoms with Gasteiger partial charge in [-0.05, 0) is 44.9 Å². The number of alkyl halides is 1. The van der Waals surface area contributed by atoms with Crippen LogP contribution >= 0.6 is 15.9 Å². The van der Waals surface area contributed by atoms with Gasteiger partial charge in [0.25, 0.3) is 0 Å². The van der Waals surface area contributed by atoms with Crippen molar-refractivity contribution in [3.63, 3.8) is 0 Å². The Bertz CT molecular complexity index is 478. The van der Waals surface area contributed by atoms with Crippen LogP contribution < -0.4 is 4.72 Å². The van der Waals surface area contributed by atoms with Crippen molar-refractivity contribution in [3.8, 4) is 0 Å². The van der Waals surface area contributed by atoms with Crippen molar-refractivity contribution < 1.29 is 8.42 Å². The quantitative estimate of drug-likeness (QED) is 0.867. The van der Waals surface area contributed by atoms with Crippen LogP contribution in [0.15, 0.2) is 29.2 Å². The van der Waals surface area contributed by atoms with E-state index in [2.05, 4.69) is 20.7 Å². The van der Waals surface area contributed by atoms with Crippen molar-refractivity contribution in [3.05, 3.63) is 29.8 Å². The number of hydrogen-bond donors (Lipinski definition) is 1. The van der Waals surface area contributed by atoms with E-state index in [9.17, 15) is 8.42 Å². The highest BCUT2D eigenvalue weighted by molar-refractivity contribution is 9.09. The molecule has 0 saturated carbocycles. The van der Waals surface area contributed by atoms with E-state index < -0.39 is 15.6 Å². The van der Waals surface area contributed by atoms with Gasteiger partial charge in [0.15, 0.2) is 0 Å². The zero-order valence-corrected chi connectivity index (χ0v) is 12.7. The van der Waals surface area contributed by atoms with Crippen LogP contribution in [-0.4, -0.2) is 19.3 Å². The SMILES string of the molecule is CC(C)(C)NS(=O)(=O)c1cccc(CCBr)c1. The van der Waals surface area contributed by atoms with E-state index in [4.69, 9.17) is 0 Å². The van der Waals surface area contributed by atoms with E-state index in [0.717, 1.165) is 17.3 Å². The molecule has 0 aromatic heterocycles. The molecule has 0 atom stereocenters.